The molecule has 1 atom stereocenters. The Balaban J connectivity index is 1.59. The van der Waals surface area contributed by atoms with E-state index >= 15 is 0 Å². The highest BCUT2D eigenvalue weighted by Gasteiger charge is 2.35. The second-order valence-corrected chi connectivity index (χ2v) is 9.01. The van der Waals surface area contributed by atoms with Crippen molar-refractivity contribution < 1.29 is 14.2 Å². The first-order valence-electron chi connectivity index (χ1n) is 11.7. The lowest BCUT2D eigenvalue weighted by molar-refractivity contribution is -0.00255. The molecule has 0 radical (unpaired) electrons. The summed E-state index contributed by atoms with van der Waals surface area (Å²) in [4.78, 5) is 9.78. The van der Waals surface area contributed by atoms with Gasteiger partial charge in [0.2, 0.25) is 0 Å². The van der Waals surface area contributed by atoms with Crippen molar-refractivity contribution in [2.45, 2.75) is 44.3 Å². The van der Waals surface area contributed by atoms with Crippen molar-refractivity contribution >= 4 is 5.96 Å². The maximum Gasteiger partial charge on any atom is 0.191 e. The van der Waals surface area contributed by atoms with Gasteiger partial charge in [-0.15, -0.1) is 0 Å². The van der Waals surface area contributed by atoms with Gasteiger partial charge < -0.3 is 29.7 Å². The standard InChI is InChI=1S/C24H41N5O3/c1-6-25-23(26-18-24(28(2)3)8-11-32-12-9-24)27-20-7-10-29(17-20)16-19-13-21(30-4)15-22(14-19)31-5/h13-15,20H,6-12,16-18H2,1-5H3,(H2,25,26,27). The molecule has 180 valence electrons. The molecule has 8 nitrogen and oxygen atoms in total. The van der Waals surface area contributed by atoms with Crippen LogP contribution in [-0.4, -0.2) is 95.0 Å². The van der Waals surface area contributed by atoms with Gasteiger partial charge in [0.1, 0.15) is 11.5 Å². The largest absolute Gasteiger partial charge is 0.497 e. The highest BCUT2D eigenvalue weighted by atomic mass is 16.5. The summed E-state index contributed by atoms with van der Waals surface area (Å²) >= 11 is 0. The first-order valence-corrected chi connectivity index (χ1v) is 11.7. The molecule has 8 heteroatoms. The summed E-state index contributed by atoms with van der Waals surface area (Å²) in [6.45, 7) is 8.27. The molecule has 0 aromatic heterocycles. The van der Waals surface area contributed by atoms with Gasteiger partial charge in [0.25, 0.3) is 0 Å². The van der Waals surface area contributed by atoms with Crippen LogP contribution in [0.1, 0.15) is 31.7 Å². The van der Waals surface area contributed by atoms with Crippen molar-refractivity contribution in [3.63, 3.8) is 0 Å². The number of nitrogens with one attached hydrogen (secondary N) is 2. The maximum atomic E-state index is 5.60. The van der Waals surface area contributed by atoms with E-state index < -0.39 is 0 Å². The molecule has 1 aromatic carbocycles. The highest BCUT2D eigenvalue weighted by Crippen LogP contribution is 2.27. The third-order valence-electron chi connectivity index (χ3n) is 6.68. The number of rotatable bonds is 9. The molecule has 2 N–H and O–H groups in total. The molecular formula is C24H41N5O3. The average molecular weight is 448 g/mol. The minimum Gasteiger partial charge on any atom is -0.497 e. The molecule has 2 fully saturated rings. The number of aliphatic imine (C=N–C) groups is 1. The minimum absolute atomic E-state index is 0.0771. The molecule has 0 amide bonds. The van der Waals surface area contributed by atoms with E-state index in [0.29, 0.717) is 6.04 Å². The Hall–Kier alpha value is -2.03. The number of nitrogens with zero attached hydrogens (tertiary/aromatic N) is 3. The smallest absolute Gasteiger partial charge is 0.191 e. The van der Waals surface area contributed by atoms with Gasteiger partial charge >= 0.3 is 0 Å². The SMILES string of the molecule is CCNC(=NCC1(N(C)C)CCOCC1)NC1CCN(Cc2cc(OC)cc(OC)c2)C1. The average Bonchev–Trinajstić information content (AvgIpc) is 3.24. The Kier molecular flexibility index (Phi) is 9.02. The van der Waals surface area contributed by atoms with Gasteiger partial charge in [-0.1, -0.05) is 0 Å². The number of guanidine groups is 1. The molecule has 1 unspecified atom stereocenters. The van der Waals surface area contributed by atoms with Gasteiger partial charge in [-0.2, -0.15) is 0 Å². The predicted octanol–water partition coefficient (Wildman–Crippen LogP) is 1.94. The number of ether oxygens (including phenoxy) is 3. The van der Waals surface area contributed by atoms with Crippen LogP contribution in [0, 0.1) is 0 Å². The first-order chi connectivity index (χ1) is 15.5. The number of likely N-dealkylation sites (tertiary alicyclic amines) is 1. The van der Waals surface area contributed by atoms with Crippen LogP contribution in [0.15, 0.2) is 23.2 Å². The van der Waals surface area contributed by atoms with Crippen LogP contribution in [-0.2, 0) is 11.3 Å². The zero-order chi connectivity index (χ0) is 23.0. The number of benzene rings is 1. The van der Waals surface area contributed by atoms with Gasteiger partial charge in [0.05, 0.1) is 20.8 Å². The number of hydrogen-bond donors (Lipinski definition) is 2. The summed E-state index contributed by atoms with van der Waals surface area (Å²) in [6.07, 6.45) is 3.13. The van der Waals surface area contributed by atoms with E-state index in [2.05, 4.69) is 53.6 Å². The Bertz CT molecular complexity index is 727. The van der Waals surface area contributed by atoms with Crippen LogP contribution >= 0.6 is 0 Å². The van der Waals surface area contributed by atoms with Crippen molar-refractivity contribution in [2.24, 2.45) is 4.99 Å². The van der Waals surface area contributed by atoms with E-state index in [1.165, 1.54) is 5.56 Å². The van der Waals surface area contributed by atoms with Crippen LogP contribution in [0.2, 0.25) is 0 Å². The van der Waals surface area contributed by atoms with Crippen molar-refractivity contribution in [3.05, 3.63) is 23.8 Å². The quantitative estimate of drug-likeness (QED) is 0.443. The summed E-state index contributed by atoms with van der Waals surface area (Å²) in [7, 11) is 7.70. The Morgan fingerprint density at radius 3 is 2.47 bits per heavy atom. The van der Waals surface area contributed by atoms with Crippen molar-refractivity contribution in [2.75, 3.05) is 67.7 Å². The fraction of sp³-hybridized carbons (Fsp3) is 0.708. The van der Waals surface area contributed by atoms with E-state index in [4.69, 9.17) is 19.2 Å². The second kappa shape index (κ2) is 11.7. The monoisotopic (exact) mass is 447 g/mol. The normalized spacial score (nSPS) is 21.6. The Morgan fingerprint density at radius 1 is 1.19 bits per heavy atom. The fourth-order valence-corrected chi connectivity index (χ4v) is 4.55. The fourth-order valence-electron chi connectivity index (χ4n) is 4.55. The Morgan fingerprint density at radius 2 is 1.88 bits per heavy atom. The molecule has 1 aromatic rings. The summed E-state index contributed by atoms with van der Waals surface area (Å²) < 4.78 is 16.4. The van der Waals surface area contributed by atoms with Crippen LogP contribution < -0.4 is 20.1 Å². The molecule has 0 bridgehead atoms. The summed E-state index contributed by atoms with van der Waals surface area (Å²) in [5.41, 5.74) is 1.28. The highest BCUT2D eigenvalue weighted by molar-refractivity contribution is 5.80. The molecule has 0 spiro atoms. The van der Waals surface area contributed by atoms with E-state index in [0.717, 1.165) is 82.7 Å². The van der Waals surface area contributed by atoms with Crippen LogP contribution in [0.5, 0.6) is 11.5 Å². The van der Waals surface area contributed by atoms with Gasteiger partial charge in [0, 0.05) is 57.0 Å². The van der Waals surface area contributed by atoms with Crippen molar-refractivity contribution in [1.29, 1.82) is 0 Å². The van der Waals surface area contributed by atoms with E-state index in [1.54, 1.807) is 14.2 Å². The van der Waals surface area contributed by atoms with Crippen molar-refractivity contribution in [3.8, 4) is 11.5 Å². The van der Waals surface area contributed by atoms with Crippen molar-refractivity contribution in [1.82, 2.24) is 20.4 Å². The molecule has 32 heavy (non-hydrogen) atoms. The summed E-state index contributed by atoms with van der Waals surface area (Å²) in [5.74, 6) is 2.57. The van der Waals surface area contributed by atoms with Crippen LogP contribution in [0.25, 0.3) is 0 Å². The molecular weight excluding hydrogens is 406 g/mol. The van der Waals surface area contributed by atoms with Gasteiger partial charge in [-0.25, -0.2) is 0 Å². The number of hydrogen-bond acceptors (Lipinski definition) is 6. The second-order valence-electron chi connectivity index (χ2n) is 9.01. The lowest BCUT2D eigenvalue weighted by Gasteiger charge is -2.41. The molecule has 0 saturated carbocycles. The molecule has 0 aliphatic carbocycles. The molecule has 2 aliphatic heterocycles. The minimum atomic E-state index is 0.0771. The maximum absolute atomic E-state index is 5.60. The van der Waals surface area contributed by atoms with Gasteiger partial charge in [-0.05, 0) is 58.0 Å². The van der Waals surface area contributed by atoms with Gasteiger partial charge in [0.15, 0.2) is 5.96 Å². The molecule has 2 aliphatic rings. The van der Waals surface area contributed by atoms with E-state index in [-0.39, 0.29) is 5.54 Å². The number of likely N-dealkylation sites (N-methyl/N-ethyl adjacent to an activating group) is 1. The molecule has 2 saturated heterocycles. The first kappa shape index (κ1) is 24.6. The zero-order valence-corrected chi connectivity index (χ0v) is 20.4. The van der Waals surface area contributed by atoms with E-state index in [9.17, 15) is 0 Å². The summed E-state index contributed by atoms with van der Waals surface area (Å²) in [5, 5.41) is 7.11. The van der Waals surface area contributed by atoms with Crippen LogP contribution in [0.3, 0.4) is 0 Å². The topological polar surface area (TPSA) is 70.6 Å². The van der Waals surface area contributed by atoms with Crippen LogP contribution in [0.4, 0.5) is 0 Å². The lowest BCUT2D eigenvalue weighted by Crippen LogP contribution is -2.52. The third-order valence-corrected chi connectivity index (χ3v) is 6.68. The Labute approximate surface area is 193 Å². The predicted molar refractivity (Wildman–Crippen MR) is 129 cm³/mol. The molecule has 2 heterocycles. The summed E-state index contributed by atoms with van der Waals surface area (Å²) in [6, 6.07) is 6.47. The zero-order valence-electron chi connectivity index (χ0n) is 20.4. The van der Waals surface area contributed by atoms with E-state index in [1.807, 2.05) is 6.07 Å². The third kappa shape index (κ3) is 6.49. The van der Waals surface area contributed by atoms with Gasteiger partial charge in [-0.3, -0.25) is 9.89 Å². The molecule has 3 rings (SSSR count). The lowest BCUT2D eigenvalue weighted by atomic mass is 9.89. The number of methoxy groups -OCH3 is 2.